The molecule has 1 aromatic rings. The summed E-state index contributed by atoms with van der Waals surface area (Å²) in [5.41, 5.74) is 0.120. The van der Waals surface area contributed by atoms with Crippen molar-refractivity contribution in [3.8, 4) is 0 Å². The SMILES string of the molecule is CN(C)CCn1ncc(Br)c1C1(O)CNC1. The normalized spacial score (nSPS) is 18.8. The van der Waals surface area contributed by atoms with Gasteiger partial charge in [0.05, 0.1) is 22.9 Å². The highest BCUT2D eigenvalue weighted by Crippen LogP contribution is 2.31. The van der Waals surface area contributed by atoms with Gasteiger partial charge in [-0.05, 0) is 30.0 Å². The van der Waals surface area contributed by atoms with E-state index in [1.807, 2.05) is 18.8 Å². The van der Waals surface area contributed by atoms with Crippen LogP contribution in [0.15, 0.2) is 10.7 Å². The van der Waals surface area contributed by atoms with Crippen LogP contribution in [0.5, 0.6) is 0 Å². The molecular formula is C10H17BrN4O. The van der Waals surface area contributed by atoms with E-state index in [9.17, 15) is 5.11 Å². The molecule has 0 amide bonds. The van der Waals surface area contributed by atoms with Gasteiger partial charge in [0.1, 0.15) is 5.60 Å². The van der Waals surface area contributed by atoms with Gasteiger partial charge in [-0.15, -0.1) is 0 Å². The maximum absolute atomic E-state index is 10.3. The maximum Gasteiger partial charge on any atom is 0.132 e. The molecule has 1 fully saturated rings. The van der Waals surface area contributed by atoms with Crippen molar-refractivity contribution in [1.82, 2.24) is 20.0 Å². The molecule has 0 spiro atoms. The van der Waals surface area contributed by atoms with Crippen LogP contribution in [-0.4, -0.2) is 53.5 Å². The topological polar surface area (TPSA) is 53.3 Å². The summed E-state index contributed by atoms with van der Waals surface area (Å²) in [6.45, 7) is 2.89. The Morgan fingerprint density at radius 2 is 2.31 bits per heavy atom. The number of hydrogen-bond acceptors (Lipinski definition) is 4. The van der Waals surface area contributed by atoms with E-state index in [-0.39, 0.29) is 0 Å². The number of nitrogens with zero attached hydrogens (tertiary/aromatic N) is 3. The monoisotopic (exact) mass is 288 g/mol. The molecule has 0 unspecified atom stereocenters. The Morgan fingerprint density at radius 1 is 1.62 bits per heavy atom. The fourth-order valence-corrected chi connectivity index (χ4v) is 2.48. The highest BCUT2D eigenvalue weighted by atomic mass is 79.9. The lowest BCUT2D eigenvalue weighted by Crippen LogP contribution is -2.58. The van der Waals surface area contributed by atoms with Gasteiger partial charge in [0.15, 0.2) is 0 Å². The van der Waals surface area contributed by atoms with E-state index in [0.717, 1.165) is 23.3 Å². The molecule has 2 N–H and O–H groups in total. The molecule has 6 heteroatoms. The number of rotatable bonds is 4. The molecular weight excluding hydrogens is 272 g/mol. The van der Waals surface area contributed by atoms with Crippen molar-refractivity contribution >= 4 is 15.9 Å². The van der Waals surface area contributed by atoms with E-state index in [0.29, 0.717) is 13.1 Å². The van der Waals surface area contributed by atoms with Crippen LogP contribution in [0.3, 0.4) is 0 Å². The summed E-state index contributed by atoms with van der Waals surface area (Å²) in [5, 5.41) is 17.7. The number of likely N-dealkylation sites (N-methyl/N-ethyl adjacent to an activating group) is 1. The van der Waals surface area contributed by atoms with E-state index in [4.69, 9.17) is 0 Å². The summed E-state index contributed by atoms with van der Waals surface area (Å²) >= 11 is 3.45. The third-order valence-electron chi connectivity index (χ3n) is 2.83. The van der Waals surface area contributed by atoms with Crippen LogP contribution in [0.2, 0.25) is 0 Å². The van der Waals surface area contributed by atoms with Crippen LogP contribution in [0, 0.1) is 0 Å². The number of aromatic nitrogens is 2. The van der Waals surface area contributed by atoms with E-state index >= 15 is 0 Å². The molecule has 1 saturated heterocycles. The van der Waals surface area contributed by atoms with Crippen LogP contribution >= 0.6 is 15.9 Å². The molecule has 0 atom stereocenters. The van der Waals surface area contributed by atoms with Gasteiger partial charge < -0.3 is 15.3 Å². The first-order valence-electron chi connectivity index (χ1n) is 5.32. The van der Waals surface area contributed by atoms with Gasteiger partial charge in [0.2, 0.25) is 0 Å². The zero-order chi connectivity index (χ0) is 11.8. The summed E-state index contributed by atoms with van der Waals surface area (Å²) in [6, 6.07) is 0. The lowest BCUT2D eigenvalue weighted by atomic mass is 9.93. The first-order valence-corrected chi connectivity index (χ1v) is 6.12. The minimum Gasteiger partial charge on any atom is -0.381 e. The molecule has 1 aromatic heterocycles. The number of nitrogens with one attached hydrogen (secondary N) is 1. The summed E-state index contributed by atoms with van der Waals surface area (Å²) in [4.78, 5) is 2.10. The minimum atomic E-state index is -0.762. The van der Waals surface area contributed by atoms with Crippen LogP contribution in [-0.2, 0) is 12.1 Å². The summed E-state index contributed by atoms with van der Waals surface area (Å²) in [6.07, 6.45) is 1.75. The number of aliphatic hydroxyl groups is 1. The Kier molecular flexibility index (Phi) is 3.34. The van der Waals surface area contributed by atoms with Crippen molar-refractivity contribution in [1.29, 1.82) is 0 Å². The average molecular weight is 289 g/mol. The van der Waals surface area contributed by atoms with Gasteiger partial charge in [0.25, 0.3) is 0 Å². The maximum atomic E-state index is 10.3. The fraction of sp³-hybridized carbons (Fsp3) is 0.700. The summed E-state index contributed by atoms with van der Waals surface area (Å²) < 4.78 is 2.76. The summed E-state index contributed by atoms with van der Waals surface area (Å²) in [5.74, 6) is 0. The molecule has 0 aromatic carbocycles. The van der Waals surface area contributed by atoms with Crippen molar-refractivity contribution in [2.45, 2.75) is 12.1 Å². The van der Waals surface area contributed by atoms with E-state index in [1.54, 1.807) is 6.20 Å². The molecule has 16 heavy (non-hydrogen) atoms. The second-order valence-electron chi connectivity index (χ2n) is 4.50. The van der Waals surface area contributed by atoms with Gasteiger partial charge >= 0.3 is 0 Å². The fourth-order valence-electron chi connectivity index (χ4n) is 1.82. The Bertz CT molecular complexity index is 373. The second-order valence-corrected chi connectivity index (χ2v) is 5.36. The largest absolute Gasteiger partial charge is 0.381 e. The Morgan fingerprint density at radius 3 is 2.81 bits per heavy atom. The predicted octanol–water partition coefficient (Wildman–Crippen LogP) is -0.00200. The van der Waals surface area contributed by atoms with Gasteiger partial charge in [0, 0.05) is 19.6 Å². The molecule has 5 nitrogen and oxygen atoms in total. The Hall–Kier alpha value is -0.430. The zero-order valence-electron chi connectivity index (χ0n) is 9.57. The number of halogens is 1. The smallest absolute Gasteiger partial charge is 0.132 e. The van der Waals surface area contributed by atoms with E-state index in [1.165, 1.54) is 0 Å². The number of hydrogen-bond donors (Lipinski definition) is 2. The van der Waals surface area contributed by atoms with Gasteiger partial charge in [-0.3, -0.25) is 4.68 Å². The lowest BCUT2D eigenvalue weighted by molar-refractivity contribution is -0.0234. The first kappa shape index (κ1) is 12.0. The van der Waals surface area contributed by atoms with E-state index < -0.39 is 5.60 Å². The van der Waals surface area contributed by atoms with Gasteiger partial charge in [-0.2, -0.15) is 5.10 Å². The van der Waals surface area contributed by atoms with Crippen LogP contribution in [0.25, 0.3) is 0 Å². The Labute approximate surface area is 104 Å². The lowest BCUT2D eigenvalue weighted by Gasteiger charge is -2.38. The van der Waals surface area contributed by atoms with Crippen LogP contribution in [0.1, 0.15) is 5.69 Å². The van der Waals surface area contributed by atoms with Crippen molar-refractivity contribution in [3.05, 3.63) is 16.4 Å². The van der Waals surface area contributed by atoms with Crippen LogP contribution in [0.4, 0.5) is 0 Å². The highest BCUT2D eigenvalue weighted by Gasteiger charge is 2.40. The highest BCUT2D eigenvalue weighted by molar-refractivity contribution is 9.10. The average Bonchev–Trinajstić information content (AvgIpc) is 2.53. The van der Waals surface area contributed by atoms with Gasteiger partial charge in [-0.25, -0.2) is 0 Å². The standard InChI is InChI=1S/C10H17BrN4O/c1-14(2)3-4-15-9(8(11)5-13-15)10(16)6-12-7-10/h5,12,16H,3-4,6-7H2,1-2H3. The third-order valence-corrected chi connectivity index (χ3v) is 3.41. The molecule has 0 bridgehead atoms. The quantitative estimate of drug-likeness (QED) is 0.819. The molecule has 1 aliphatic heterocycles. The molecule has 1 aliphatic rings. The molecule has 2 rings (SSSR count). The molecule has 90 valence electrons. The van der Waals surface area contributed by atoms with Crippen molar-refractivity contribution < 1.29 is 5.11 Å². The van der Waals surface area contributed by atoms with Crippen molar-refractivity contribution in [2.75, 3.05) is 33.7 Å². The molecule has 0 aliphatic carbocycles. The molecule has 0 saturated carbocycles. The van der Waals surface area contributed by atoms with Crippen molar-refractivity contribution in [3.63, 3.8) is 0 Å². The van der Waals surface area contributed by atoms with Crippen LogP contribution < -0.4 is 5.32 Å². The summed E-state index contributed by atoms with van der Waals surface area (Å²) in [7, 11) is 4.05. The minimum absolute atomic E-state index is 0.596. The number of β-amino-alcohol motifs (C(OH)–C–C–N with tert-alkyl or cyclic N) is 1. The second kappa shape index (κ2) is 4.44. The van der Waals surface area contributed by atoms with E-state index in [2.05, 4.69) is 31.2 Å². The predicted molar refractivity (Wildman–Crippen MR) is 65.2 cm³/mol. The third kappa shape index (κ3) is 2.15. The Balaban J connectivity index is 2.19. The van der Waals surface area contributed by atoms with Crippen molar-refractivity contribution in [2.24, 2.45) is 0 Å². The zero-order valence-corrected chi connectivity index (χ0v) is 11.2. The molecule has 2 heterocycles. The first-order chi connectivity index (χ1) is 7.53. The van der Waals surface area contributed by atoms with Gasteiger partial charge in [-0.1, -0.05) is 0 Å². The molecule has 0 radical (unpaired) electrons.